The van der Waals surface area contributed by atoms with E-state index in [2.05, 4.69) is 20.2 Å². The predicted octanol–water partition coefficient (Wildman–Crippen LogP) is 1.89. The van der Waals surface area contributed by atoms with E-state index in [1.165, 1.54) is 0 Å². The van der Waals surface area contributed by atoms with Gasteiger partial charge in [-0.1, -0.05) is 30.3 Å². The van der Waals surface area contributed by atoms with Crippen molar-refractivity contribution in [1.82, 2.24) is 25.1 Å². The smallest absolute Gasteiger partial charge is 0.311 e. The van der Waals surface area contributed by atoms with E-state index in [4.69, 9.17) is 4.42 Å². The summed E-state index contributed by atoms with van der Waals surface area (Å²) in [5, 5.41) is 7.56. The summed E-state index contributed by atoms with van der Waals surface area (Å²) < 4.78 is 5.27. The maximum atomic E-state index is 12.6. The van der Waals surface area contributed by atoms with Crippen LogP contribution in [-0.2, 0) is 6.54 Å². The monoisotopic (exact) mass is 309 g/mol. The summed E-state index contributed by atoms with van der Waals surface area (Å²) >= 11 is 0. The van der Waals surface area contributed by atoms with Crippen molar-refractivity contribution in [1.29, 1.82) is 0 Å². The number of nitrogens with zero attached hydrogens (tertiary/aromatic N) is 4. The van der Waals surface area contributed by atoms with Crippen molar-refractivity contribution in [3.8, 4) is 0 Å². The first-order valence-corrected chi connectivity index (χ1v) is 7.39. The lowest BCUT2D eigenvalue weighted by Crippen LogP contribution is -2.39. The fourth-order valence-corrected chi connectivity index (χ4v) is 2.94. The molecular formula is C16H15N5O2. The predicted molar refractivity (Wildman–Crippen MR) is 80.6 cm³/mol. The fraction of sp³-hybridized carbons (Fsp3) is 0.250. The Bertz CT molecular complexity index is 839. The van der Waals surface area contributed by atoms with Crippen molar-refractivity contribution in [3.63, 3.8) is 0 Å². The van der Waals surface area contributed by atoms with Crippen LogP contribution in [0.2, 0.25) is 0 Å². The summed E-state index contributed by atoms with van der Waals surface area (Å²) in [7, 11) is 0. The molecule has 0 fully saturated rings. The number of carbonyl (C=O) groups excluding carboxylic acids is 1. The van der Waals surface area contributed by atoms with Crippen molar-refractivity contribution in [2.24, 2.45) is 0 Å². The number of carbonyl (C=O) groups is 1. The molecule has 4 rings (SSSR count). The molecular weight excluding hydrogens is 294 g/mol. The third-order valence-corrected chi connectivity index (χ3v) is 4.03. The molecule has 3 aromatic rings. The van der Waals surface area contributed by atoms with E-state index in [0.29, 0.717) is 19.0 Å². The zero-order chi connectivity index (χ0) is 15.8. The van der Waals surface area contributed by atoms with Crippen molar-refractivity contribution >= 4 is 5.91 Å². The van der Waals surface area contributed by atoms with Crippen LogP contribution in [-0.4, -0.2) is 37.5 Å². The third kappa shape index (κ3) is 2.40. The zero-order valence-electron chi connectivity index (χ0n) is 12.6. The normalized spacial score (nSPS) is 17.1. The minimum atomic E-state index is -0.258. The number of hydrogen-bond acceptors (Lipinski definition) is 5. The van der Waals surface area contributed by atoms with Gasteiger partial charge in [0.05, 0.1) is 24.3 Å². The molecule has 0 bridgehead atoms. The van der Waals surface area contributed by atoms with Gasteiger partial charge < -0.3 is 14.3 Å². The summed E-state index contributed by atoms with van der Waals surface area (Å²) in [4.78, 5) is 21.9. The molecule has 23 heavy (non-hydrogen) atoms. The molecule has 1 aliphatic rings. The first kappa shape index (κ1) is 13.7. The summed E-state index contributed by atoms with van der Waals surface area (Å²) in [6.07, 6.45) is 1.67. The minimum Gasteiger partial charge on any atom is -0.417 e. The number of H-pyrrole nitrogens is 1. The van der Waals surface area contributed by atoms with Crippen molar-refractivity contribution in [3.05, 3.63) is 65.4 Å². The molecule has 1 atom stereocenters. The van der Waals surface area contributed by atoms with Crippen LogP contribution in [0.25, 0.3) is 0 Å². The van der Waals surface area contributed by atoms with Gasteiger partial charge in [0.2, 0.25) is 5.89 Å². The van der Waals surface area contributed by atoms with Gasteiger partial charge >= 0.3 is 11.8 Å². The summed E-state index contributed by atoms with van der Waals surface area (Å²) in [5.74, 6) is 0.176. The molecule has 116 valence electrons. The maximum absolute atomic E-state index is 12.6. The highest BCUT2D eigenvalue weighted by molar-refractivity contribution is 5.89. The molecule has 1 aliphatic heterocycles. The number of amides is 1. The van der Waals surface area contributed by atoms with Crippen LogP contribution in [0.5, 0.6) is 0 Å². The number of aromatic nitrogens is 4. The van der Waals surface area contributed by atoms with Gasteiger partial charge in [0.25, 0.3) is 0 Å². The van der Waals surface area contributed by atoms with Crippen LogP contribution in [0.3, 0.4) is 0 Å². The minimum absolute atomic E-state index is 0.0253. The van der Waals surface area contributed by atoms with E-state index >= 15 is 0 Å². The lowest BCUT2D eigenvalue weighted by atomic mass is 9.91. The van der Waals surface area contributed by atoms with Crippen molar-refractivity contribution in [2.75, 3.05) is 6.54 Å². The van der Waals surface area contributed by atoms with Gasteiger partial charge in [-0.05, 0) is 5.56 Å². The Kier molecular flexibility index (Phi) is 3.18. The molecule has 0 saturated carbocycles. The number of fused-ring (bicyclic) bond motifs is 1. The third-order valence-electron chi connectivity index (χ3n) is 4.03. The van der Waals surface area contributed by atoms with Crippen LogP contribution in [0.1, 0.15) is 39.4 Å². The Morgan fingerprint density at radius 1 is 1.30 bits per heavy atom. The number of rotatable bonds is 2. The summed E-state index contributed by atoms with van der Waals surface area (Å²) in [6, 6.07) is 10.1. The molecule has 0 saturated heterocycles. The number of nitrogens with one attached hydrogen (secondary N) is 1. The van der Waals surface area contributed by atoms with E-state index in [9.17, 15) is 4.79 Å². The largest absolute Gasteiger partial charge is 0.417 e. The van der Waals surface area contributed by atoms with Crippen LogP contribution in [0, 0.1) is 6.92 Å². The van der Waals surface area contributed by atoms with Crippen molar-refractivity contribution < 1.29 is 9.21 Å². The van der Waals surface area contributed by atoms with Crippen LogP contribution < -0.4 is 0 Å². The number of aromatic amines is 1. The van der Waals surface area contributed by atoms with Gasteiger partial charge in [0.1, 0.15) is 0 Å². The van der Waals surface area contributed by atoms with Gasteiger partial charge in [-0.15, -0.1) is 10.2 Å². The second-order valence-corrected chi connectivity index (χ2v) is 5.54. The molecule has 7 nitrogen and oxygen atoms in total. The van der Waals surface area contributed by atoms with Gasteiger partial charge in [0.15, 0.2) is 0 Å². The Morgan fingerprint density at radius 2 is 2.13 bits per heavy atom. The van der Waals surface area contributed by atoms with E-state index in [0.717, 1.165) is 17.0 Å². The molecule has 1 aromatic carbocycles. The molecule has 0 spiro atoms. The first-order chi connectivity index (χ1) is 11.2. The standard InChI is InChI=1S/C16H15N5O2/c1-10-19-20-15(23-10)16(22)21-7-12(11-5-3-2-4-6-11)14-13(8-21)17-9-18-14/h2-6,9,12H,7-8H2,1H3,(H,17,18). The molecule has 0 radical (unpaired) electrons. The number of aryl methyl sites for hydroxylation is 1. The molecule has 1 amide bonds. The highest BCUT2D eigenvalue weighted by Gasteiger charge is 2.33. The maximum Gasteiger partial charge on any atom is 0.311 e. The lowest BCUT2D eigenvalue weighted by molar-refractivity contribution is 0.0680. The van der Waals surface area contributed by atoms with Gasteiger partial charge in [-0.25, -0.2) is 4.98 Å². The average Bonchev–Trinajstić information content (AvgIpc) is 3.22. The zero-order valence-corrected chi connectivity index (χ0v) is 12.6. The molecule has 0 aliphatic carbocycles. The Labute approximate surface area is 132 Å². The fourth-order valence-electron chi connectivity index (χ4n) is 2.94. The van der Waals surface area contributed by atoms with Crippen LogP contribution in [0.4, 0.5) is 0 Å². The Balaban J connectivity index is 1.68. The van der Waals surface area contributed by atoms with E-state index in [-0.39, 0.29) is 17.7 Å². The highest BCUT2D eigenvalue weighted by Crippen LogP contribution is 2.31. The van der Waals surface area contributed by atoms with E-state index < -0.39 is 0 Å². The highest BCUT2D eigenvalue weighted by atomic mass is 16.4. The molecule has 3 heterocycles. The Morgan fingerprint density at radius 3 is 2.87 bits per heavy atom. The molecule has 1 N–H and O–H groups in total. The molecule has 2 aromatic heterocycles. The van der Waals surface area contributed by atoms with E-state index in [1.54, 1.807) is 18.2 Å². The number of benzene rings is 1. The SMILES string of the molecule is Cc1nnc(C(=O)N2Cc3[nH]cnc3C(c3ccccc3)C2)o1. The van der Waals surface area contributed by atoms with Crippen LogP contribution >= 0.6 is 0 Å². The topological polar surface area (TPSA) is 87.9 Å². The molecule has 7 heteroatoms. The van der Waals surface area contributed by atoms with Gasteiger partial charge in [-0.3, -0.25) is 4.79 Å². The summed E-state index contributed by atoms with van der Waals surface area (Å²) in [5.41, 5.74) is 3.05. The number of imidazole rings is 1. The first-order valence-electron chi connectivity index (χ1n) is 7.39. The Hall–Kier alpha value is -2.96. The van der Waals surface area contributed by atoms with Crippen LogP contribution in [0.15, 0.2) is 41.1 Å². The summed E-state index contributed by atoms with van der Waals surface area (Å²) in [6.45, 7) is 2.65. The average molecular weight is 309 g/mol. The number of hydrogen-bond donors (Lipinski definition) is 1. The van der Waals surface area contributed by atoms with Crippen molar-refractivity contribution in [2.45, 2.75) is 19.4 Å². The second kappa shape index (κ2) is 5.35. The lowest BCUT2D eigenvalue weighted by Gasteiger charge is -2.31. The second-order valence-electron chi connectivity index (χ2n) is 5.54. The van der Waals surface area contributed by atoms with Gasteiger partial charge in [-0.2, -0.15) is 0 Å². The van der Waals surface area contributed by atoms with Gasteiger partial charge in [0, 0.05) is 19.4 Å². The quantitative estimate of drug-likeness (QED) is 0.781. The molecule has 1 unspecified atom stereocenters. The van der Waals surface area contributed by atoms with E-state index in [1.807, 2.05) is 30.3 Å².